The minimum absolute atomic E-state index is 0.710. The lowest BCUT2D eigenvalue weighted by Crippen LogP contribution is -2.19. The average molecular weight is 341 g/mol. The van der Waals surface area contributed by atoms with Crippen LogP contribution >= 0.6 is 11.3 Å². The fourth-order valence-electron chi connectivity index (χ4n) is 2.69. The predicted octanol–water partition coefficient (Wildman–Crippen LogP) is 4.05. The number of rotatable bonds is 8. The molecule has 0 aliphatic heterocycles. The van der Waals surface area contributed by atoms with Gasteiger partial charge in [0.1, 0.15) is 0 Å². The number of aromatic nitrogens is 2. The Bertz CT molecular complexity index is 800. The number of fused-ring (bicyclic) bond motifs is 1. The number of nitrogens with one attached hydrogen (secondary N) is 1. The topological polar surface area (TPSA) is 47.0 Å². The molecule has 0 fully saturated rings. The number of pyridine rings is 2. The SMILES string of the molecule is CCCc1ccnc2cc(-c3cccc(CNCCOC)n3)sc12. The Morgan fingerprint density at radius 3 is 3.00 bits per heavy atom. The largest absolute Gasteiger partial charge is 0.383 e. The zero-order valence-electron chi connectivity index (χ0n) is 14.2. The van der Waals surface area contributed by atoms with Crippen molar-refractivity contribution in [2.24, 2.45) is 0 Å². The first kappa shape index (κ1) is 17.0. The van der Waals surface area contributed by atoms with Crippen molar-refractivity contribution in [3.05, 3.63) is 47.8 Å². The van der Waals surface area contributed by atoms with Crippen molar-refractivity contribution >= 4 is 21.6 Å². The lowest BCUT2D eigenvalue weighted by atomic mass is 10.1. The molecule has 3 aromatic rings. The van der Waals surface area contributed by atoms with Crippen molar-refractivity contribution in [2.75, 3.05) is 20.3 Å². The van der Waals surface area contributed by atoms with Gasteiger partial charge in [-0.25, -0.2) is 0 Å². The predicted molar refractivity (Wildman–Crippen MR) is 100 cm³/mol. The van der Waals surface area contributed by atoms with Crippen LogP contribution in [0.25, 0.3) is 20.8 Å². The fraction of sp³-hybridized carbons (Fsp3) is 0.368. The molecule has 4 nitrogen and oxygen atoms in total. The monoisotopic (exact) mass is 341 g/mol. The first-order chi connectivity index (χ1) is 11.8. The third-order valence-corrected chi connectivity index (χ3v) is 5.08. The molecule has 1 N–H and O–H groups in total. The summed E-state index contributed by atoms with van der Waals surface area (Å²) in [6.45, 7) is 4.50. The van der Waals surface area contributed by atoms with Gasteiger partial charge in [0.2, 0.25) is 0 Å². The van der Waals surface area contributed by atoms with Crippen LogP contribution in [0.1, 0.15) is 24.6 Å². The van der Waals surface area contributed by atoms with Gasteiger partial charge in [-0.2, -0.15) is 0 Å². The number of hydrogen-bond acceptors (Lipinski definition) is 5. The number of nitrogens with zero attached hydrogens (tertiary/aromatic N) is 2. The van der Waals surface area contributed by atoms with Crippen LogP contribution in [-0.4, -0.2) is 30.2 Å². The van der Waals surface area contributed by atoms with E-state index in [-0.39, 0.29) is 0 Å². The van der Waals surface area contributed by atoms with Gasteiger partial charge in [0.15, 0.2) is 0 Å². The molecule has 0 unspecified atom stereocenters. The Kier molecular flexibility index (Phi) is 5.91. The highest BCUT2D eigenvalue weighted by Crippen LogP contribution is 2.34. The van der Waals surface area contributed by atoms with Crippen molar-refractivity contribution < 1.29 is 4.74 Å². The van der Waals surface area contributed by atoms with E-state index in [0.717, 1.165) is 42.8 Å². The van der Waals surface area contributed by atoms with Gasteiger partial charge in [-0.3, -0.25) is 9.97 Å². The van der Waals surface area contributed by atoms with E-state index in [4.69, 9.17) is 9.72 Å². The molecule has 0 saturated heterocycles. The minimum atomic E-state index is 0.710. The summed E-state index contributed by atoms with van der Waals surface area (Å²) in [4.78, 5) is 10.5. The summed E-state index contributed by atoms with van der Waals surface area (Å²) in [6, 6.07) is 10.5. The summed E-state index contributed by atoms with van der Waals surface area (Å²) in [5.41, 5.74) is 4.52. The zero-order chi connectivity index (χ0) is 16.8. The maximum atomic E-state index is 5.05. The quantitative estimate of drug-likeness (QED) is 0.628. The molecular formula is C19H23N3OS. The smallest absolute Gasteiger partial charge is 0.0819 e. The van der Waals surface area contributed by atoms with E-state index in [2.05, 4.69) is 47.6 Å². The first-order valence-corrected chi connectivity index (χ1v) is 9.17. The van der Waals surface area contributed by atoms with E-state index >= 15 is 0 Å². The number of aryl methyl sites for hydroxylation is 1. The first-order valence-electron chi connectivity index (χ1n) is 8.35. The Morgan fingerprint density at radius 2 is 2.17 bits per heavy atom. The lowest BCUT2D eigenvalue weighted by Gasteiger charge is -2.05. The number of methoxy groups -OCH3 is 1. The molecule has 24 heavy (non-hydrogen) atoms. The van der Waals surface area contributed by atoms with Gasteiger partial charge in [0.05, 0.1) is 33.1 Å². The Balaban J connectivity index is 1.83. The molecule has 0 amide bonds. The molecule has 0 aliphatic rings. The maximum absolute atomic E-state index is 5.05. The highest BCUT2D eigenvalue weighted by molar-refractivity contribution is 7.22. The van der Waals surface area contributed by atoms with E-state index in [9.17, 15) is 0 Å². The zero-order valence-corrected chi connectivity index (χ0v) is 15.0. The summed E-state index contributed by atoms with van der Waals surface area (Å²) in [5, 5.41) is 3.34. The average Bonchev–Trinajstić information content (AvgIpc) is 3.05. The molecule has 0 radical (unpaired) electrons. The molecule has 0 saturated carbocycles. The van der Waals surface area contributed by atoms with Gasteiger partial charge in [-0.1, -0.05) is 19.4 Å². The highest BCUT2D eigenvalue weighted by Gasteiger charge is 2.10. The summed E-state index contributed by atoms with van der Waals surface area (Å²) >= 11 is 1.79. The molecular weight excluding hydrogens is 318 g/mol. The van der Waals surface area contributed by atoms with Crippen LogP contribution < -0.4 is 5.32 Å². The van der Waals surface area contributed by atoms with E-state index < -0.39 is 0 Å². The fourth-order valence-corrected chi connectivity index (χ4v) is 3.82. The van der Waals surface area contributed by atoms with E-state index in [1.165, 1.54) is 15.1 Å². The molecule has 126 valence electrons. The standard InChI is InChI=1S/C19H23N3OS/c1-3-5-14-8-9-21-17-12-18(24-19(14)17)16-7-4-6-15(22-16)13-20-10-11-23-2/h4,6-9,12,20H,3,5,10-11,13H2,1-2H3. The molecule has 3 rings (SSSR count). The third kappa shape index (κ3) is 3.98. The van der Waals surface area contributed by atoms with Crippen molar-refractivity contribution in [3.63, 3.8) is 0 Å². The van der Waals surface area contributed by atoms with Gasteiger partial charge >= 0.3 is 0 Å². The van der Waals surface area contributed by atoms with E-state index in [1.807, 2.05) is 6.20 Å². The van der Waals surface area contributed by atoms with Gasteiger partial charge < -0.3 is 10.1 Å². The summed E-state index contributed by atoms with van der Waals surface area (Å²) in [5.74, 6) is 0. The summed E-state index contributed by atoms with van der Waals surface area (Å²) in [6.07, 6.45) is 4.15. The molecule has 5 heteroatoms. The maximum Gasteiger partial charge on any atom is 0.0819 e. The number of thiophene rings is 1. The van der Waals surface area contributed by atoms with Gasteiger partial charge in [0, 0.05) is 26.4 Å². The van der Waals surface area contributed by atoms with Crippen LogP contribution in [0.15, 0.2) is 36.5 Å². The normalized spacial score (nSPS) is 11.2. The second-order valence-electron chi connectivity index (χ2n) is 5.73. The van der Waals surface area contributed by atoms with Crippen molar-refractivity contribution in [3.8, 4) is 10.6 Å². The second kappa shape index (κ2) is 8.33. The van der Waals surface area contributed by atoms with Gasteiger partial charge in [-0.05, 0) is 36.2 Å². The van der Waals surface area contributed by atoms with Crippen LogP contribution in [0, 0.1) is 0 Å². The van der Waals surface area contributed by atoms with E-state index in [1.54, 1.807) is 18.4 Å². The molecule has 3 heterocycles. The molecule has 0 aliphatic carbocycles. The molecule has 0 atom stereocenters. The molecule has 0 aromatic carbocycles. The van der Waals surface area contributed by atoms with Crippen LogP contribution in [0.3, 0.4) is 0 Å². The third-order valence-electron chi connectivity index (χ3n) is 3.86. The van der Waals surface area contributed by atoms with Crippen LogP contribution in [0.4, 0.5) is 0 Å². The summed E-state index contributed by atoms with van der Waals surface area (Å²) in [7, 11) is 1.71. The molecule has 0 bridgehead atoms. The van der Waals surface area contributed by atoms with Gasteiger partial charge in [-0.15, -0.1) is 11.3 Å². The second-order valence-corrected chi connectivity index (χ2v) is 6.78. The van der Waals surface area contributed by atoms with Gasteiger partial charge in [0.25, 0.3) is 0 Å². The molecule has 0 spiro atoms. The van der Waals surface area contributed by atoms with Crippen LogP contribution in [0.5, 0.6) is 0 Å². The van der Waals surface area contributed by atoms with E-state index in [0.29, 0.717) is 6.61 Å². The minimum Gasteiger partial charge on any atom is -0.383 e. The van der Waals surface area contributed by atoms with Crippen LogP contribution in [-0.2, 0) is 17.7 Å². The lowest BCUT2D eigenvalue weighted by molar-refractivity contribution is 0.199. The Labute approximate surface area is 146 Å². The van der Waals surface area contributed by atoms with Crippen LogP contribution in [0.2, 0.25) is 0 Å². The highest BCUT2D eigenvalue weighted by atomic mass is 32.1. The molecule has 3 aromatic heterocycles. The number of ether oxygens (including phenoxy) is 1. The van der Waals surface area contributed by atoms with Crippen molar-refractivity contribution in [1.29, 1.82) is 0 Å². The van der Waals surface area contributed by atoms with Crippen molar-refractivity contribution in [2.45, 2.75) is 26.3 Å². The summed E-state index contributed by atoms with van der Waals surface area (Å²) < 4.78 is 6.34. The van der Waals surface area contributed by atoms with Crippen molar-refractivity contribution in [1.82, 2.24) is 15.3 Å². The Morgan fingerprint density at radius 1 is 1.25 bits per heavy atom. The Hall–Kier alpha value is -1.82. The number of hydrogen-bond donors (Lipinski definition) is 1.